The van der Waals surface area contributed by atoms with E-state index in [-0.39, 0.29) is 17.5 Å². The van der Waals surface area contributed by atoms with E-state index in [4.69, 9.17) is 17.3 Å². The Bertz CT molecular complexity index is 535. The molecular weight excluding hydrogens is 370 g/mol. The zero-order chi connectivity index (χ0) is 15.6. The van der Waals surface area contributed by atoms with Gasteiger partial charge in [0.2, 0.25) is 11.5 Å². The number of hydrogen-bond acceptors (Lipinski definition) is 7. The van der Waals surface area contributed by atoms with E-state index in [0.717, 1.165) is 0 Å². The number of nitrogen functional groups attached to an aromatic ring is 1. The molecule has 21 heavy (non-hydrogen) atoms. The van der Waals surface area contributed by atoms with Crippen molar-refractivity contribution in [2.24, 2.45) is 5.16 Å². The number of hydrogen-bond donors (Lipinski definition) is 1. The lowest BCUT2D eigenvalue weighted by atomic mass is 10.3. The summed E-state index contributed by atoms with van der Waals surface area (Å²) in [6, 6.07) is 0. The van der Waals surface area contributed by atoms with Crippen molar-refractivity contribution in [3.63, 3.8) is 0 Å². The number of anilines is 1. The van der Waals surface area contributed by atoms with Crippen LogP contribution in [0.4, 0.5) is 27.1 Å². The monoisotopic (exact) mass is 374 g/mol. The number of aromatic nitrogens is 2. The minimum atomic E-state index is -5.81. The van der Waals surface area contributed by atoms with E-state index >= 15 is 0 Å². The first kappa shape index (κ1) is 19.7. The first-order chi connectivity index (χ1) is 9.04. The summed E-state index contributed by atoms with van der Waals surface area (Å²) in [5.74, 6) is -5.58. The molecular formula is C7H5Cl2F5N4O2S. The van der Waals surface area contributed by atoms with Crippen LogP contribution in [0.5, 0.6) is 0 Å². The van der Waals surface area contributed by atoms with Crippen LogP contribution in [0.15, 0.2) is 5.16 Å². The minimum Gasteiger partial charge on any atom is -0.388 e. The Kier molecular flexibility index (Phi) is 6.70. The second kappa shape index (κ2) is 7.13. The van der Waals surface area contributed by atoms with Gasteiger partial charge in [-0.05, 0) is 11.6 Å². The van der Waals surface area contributed by atoms with Gasteiger partial charge in [-0.3, -0.25) is 4.79 Å². The lowest BCUT2D eigenvalue weighted by Crippen LogP contribution is -2.40. The molecule has 2 N–H and O–H groups in total. The van der Waals surface area contributed by atoms with Crippen LogP contribution < -0.4 is 5.73 Å². The molecule has 0 aliphatic heterocycles. The second-order valence-corrected chi connectivity index (χ2v) is 4.27. The first-order valence-electron chi connectivity index (χ1n) is 4.48. The number of oxime groups is 1. The van der Waals surface area contributed by atoms with Crippen LogP contribution >= 0.6 is 35.5 Å². The molecule has 1 aromatic heterocycles. The lowest BCUT2D eigenvalue weighted by molar-refractivity contribution is -0.296. The molecule has 0 bridgehead atoms. The molecule has 0 saturated carbocycles. The van der Waals surface area contributed by atoms with E-state index in [1.54, 1.807) is 0 Å². The fraction of sp³-hybridized carbons (Fsp3) is 0.429. The number of carbonyl (C=O) groups is 1. The van der Waals surface area contributed by atoms with Gasteiger partial charge in [-0.25, -0.2) is 0 Å². The highest BCUT2D eigenvalue weighted by Gasteiger charge is 2.58. The third-order valence-corrected chi connectivity index (χ3v) is 2.38. The highest BCUT2D eigenvalue weighted by molar-refractivity contribution is 7.09. The van der Waals surface area contributed by atoms with Gasteiger partial charge in [-0.15, -0.1) is 12.4 Å². The molecule has 120 valence electrons. The van der Waals surface area contributed by atoms with E-state index in [0.29, 0.717) is 11.5 Å². The second-order valence-electron chi connectivity index (χ2n) is 3.15. The number of alkyl halides is 5. The Hall–Kier alpha value is -1.27. The molecule has 1 aromatic rings. The number of nitrogens with zero attached hydrogens (tertiary/aromatic N) is 3. The maximum absolute atomic E-state index is 12.5. The van der Waals surface area contributed by atoms with Crippen LogP contribution in [0.1, 0.15) is 5.82 Å². The normalized spacial score (nSPS) is 12.8. The lowest BCUT2D eigenvalue weighted by Gasteiger charge is -2.17. The maximum Gasteiger partial charge on any atom is 0.457 e. The largest absolute Gasteiger partial charge is 0.457 e. The minimum absolute atomic E-state index is 0. The molecule has 0 saturated heterocycles. The average molecular weight is 375 g/mol. The molecule has 0 atom stereocenters. The van der Waals surface area contributed by atoms with Gasteiger partial charge in [0.25, 0.3) is 5.24 Å². The average Bonchev–Trinajstić information content (AvgIpc) is 2.68. The molecule has 1 rings (SSSR count). The van der Waals surface area contributed by atoms with Crippen molar-refractivity contribution in [2.45, 2.75) is 12.1 Å². The van der Waals surface area contributed by atoms with E-state index < -0.39 is 35.5 Å². The number of nitrogens with two attached hydrogens (primary N) is 1. The van der Waals surface area contributed by atoms with Crippen molar-refractivity contribution in [1.29, 1.82) is 0 Å². The van der Waals surface area contributed by atoms with Crippen LogP contribution in [-0.4, -0.2) is 39.0 Å². The quantitative estimate of drug-likeness (QED) is 0.369. The Balaban J connectivity index is 0.00000400. The zero-order valence-electron chi connectivity index (χ0n) is 9.53. The van der Waals surface area contributed by atoms with Crippen LogP contribution in [0.3, 0.4) is 0 Å². The van der Waals surface area contributed by atoms with Crippen molar-refractivity contribution in [1.82, 2.24) is 9.36 Å². The van der Waals surface area contributed by atoms with Crippen LogP contribution in [0.25, 0.3) is 0 Å². The summed E-state index contributed by atoms with van der Waals surface area (Å²) in [6.45, 7) is -2.12. The molecule has 0 fully saturated rings. The molecule has 0 amide bonds. The summed E-state index contributed by atoms with van der Waals surface area (Å²) in [5.41, 5.74) is 4.36. The summed E-state index contributed by atoms with van der Waals surface area (Å²) >= 11 is 5.69. The van der Waals surface area contributed by atoms with Crippen LogP contribution in [0.2, 0.25) is 0 Å². The van der Waals surface area contributed by atoms with Crippen molar-refractivity contribution in [3.05, 3.63) is 5.82 Å². The van der Waals surface area contributed by atoms with Crippen molar-refractivity contribution < 1.29 is 31.6 Å². The summed E-state index contributed by atoms with van der Waals surface area (Å²) in [7, 11) is 0. The summed E-state index contributed by atoms with van der Waals surface area (Å²) in [4.78, 5) is 18.2. The van der Waals surface area contributed by atoms with Crippen molar-refractivity contribution >= 4 is 51.6 Å². The van der Waals surface area contributed by atoms with E-state index in [1.165, 1.54) is 0 Å². The molecule has 0 aliphatic rings. The number of rotatable bonds is 5. The van der Waals surface area contributed by atoms with E-state index in [9.17, 15) is 26.7 Å². The van der Waals surface area contributed by atoms with Gasteiger partial charge < -0.3 is 10.6 Å². The summed E-state index contributed by atoms with van der Waals surface area (Å²) in [5, 5.41) is 1.39. The zero-order valence-corrected chi connectivity index (χ0v) is 11.9. The van der Waals surface area contributed by atoms with Gasteiger partial charge in [0.15, 0.2) is 11.7 Å². The van der Waals surface area contributed by atoms with Crippen molar-refractivity contribution in [3.8, 4) is 0 Å². The Morgan fingerprint density at radius 1 is 1.38 bits per heavy atom. The molecule has 0 unspecified atom stereocenters. The SMILES string of the molecule is Cl.Nc1nc(C(=NOCC(F)(F)C(F)(F)F)C(=O)Cl)ns1. The van der Waals surface area contributed by atoms with Gasteiger partial charge in [0.05, 0.1) is 0 Å². The topological polar surface area (TPSA) is 90.5 Å². The fourth-order valence-electron chi connectivity index (χ4n) is 0.756. The van der Waals surface area contributed by atoms with Crippen LogP contribution in [0, 0.1) is 0 Å². The third kappa shape index (κ3) is 5.21. The van der Waals surface area contributed by atoms with Gasteiger partial charge in [0, 0.05) is 11.5 Å². The fourth-order valence-corrected chi connectivity index (χ4v) is 1.31. The smallest absolute Gasteiger partial charge is 0.388 e. The predicted molar refractivity (Wildman–Crippen MR) is 65.9 cm³/mol. The molecule has 0 aromatic carbocycles. The van der Waals surface area contributed by atoms with Crippen molar-refractivity contribution in [2.75, 3.05) is 12.3 Å². The molecule has 1 heterocycles. The van der Waals surface area contributed by atoms with Crippen LogP contribution in [-0.2, 0) is 9.63 Å². The van der Waals surface area contributed by atoms with Gasteiger partial charge >= 0.3 is 12.1 Å². The highest BCUT2D eigenvalue weighted by atomic mass is 35.5. The molecule has 0 radical (unpaired) electrons. The molecule has 14 heteroatoms. The Morgan fingerprint density at radius 3 is 2.33 bits per heavy atom. The number of halogens is 7. The first-order valence-corrected chi connectivity index (χ1v) is 5.63. The summed E-state index contributed by atoms with van der Waals surface area (Å²) < 4.78 is 64.0. The van der Waals surface area contributed by atoms with Gasteiger partial charge in [-0.1, -0.05) is 5.16 Å². The highest BCUT2D eigenvalue weighted by Crippen LogP contribution is 2.35. The molecule has 6 nitrogen and oxygen atoms in total. The van der Waals surface area contributed by atoms with Gasteiger partial charge in [0.1, 0.15) is 0 Å². The Morgan fingerprint density at radius 2 is 1.95 bits per heavy atom. The predicted octanol–water partition coefficient (Wildman–Crippen LogP) is 2.23. The summed E-state index contributed by atoms with van der Waals surface area (Å²) in [6.07, 6.45) is -5.81. The van der Waals surface area contributed by atoms with E-state index in [1.807, 2.05) is 0 Å². The molecule has 0 aliphatic carbocycles. The third-order valence-electron chi connectivity index (χ3n) is 1.66. The maximum atomic E-state index is 12.5. The number of carbonyl (C=O) groups excluding carboxylic acids is 1. The standard InChI is InChI=1S/C7H4ClF5N4O2S.ClH/c8-3(18)2(4-15-5(14)20-17-4)16-19-1-6(9,10)7(11,12)13;/h1H2,(H2,14,15,17);1H. The van der Waals surface area contributed by atoms with Gasteiger partial charge in [-0.2, -0.15) is 31.3 Å². The van der Waals surface area contributed by atoms with E-state index in [2.05, 4.69) is 19.4 Å². The Labute approximate surface area is 128 Å². The molecule has 0 spiro atoms.